The molecule has 92 valence electrons. The maximum atomic E-state index is 12.3. The van der Waals surface area contributed by atoms with Crippen LogP contribution in [0.1, 0.15) is 30.2 Å². The number of carbonyl (C=O) groups is 1. The molecular weight excluding hydrogens is 235 g/mol. The number of ketones is 1. The van der Waals surface area contributed by atoms with E-state index in [0.29, 0.717) is 18.7 Å². The summed E-state index contributed by atoms with van der Waals surface area (Å²) in [6.07, 6.45) is -3.61. The normalized spacial score (nSPS) is 21.6. The van der Waals surface area contributed by atoms with Crippen LogP contribution in [0.5, 0.6) is 0 Å². The Morgan fingerprint density at radius 2 is 2.12 bits per heavy atom. The van der Waals surface area contributed by atoms with Crippen molar-refractivity contribution in [3.05, 3.63) is 29.6 Å². The number of Topliss-reactive ketones (excluding diaryl/α,β-unsaturated/α-hetero) is 1. The average Bonchev–Trinajstić information content (AvgIpc) is 2.28. The minimum atomic E-state index is -4.39. The number of aromatic nitrogens is 1. The van der Waals surface area contributed by atoms with Crippen molar-refractivity contribution in [3.63, 3.8) is 0 Å². The Labute approximate surface area is 95.6 Å². The van der Waals surface area contributed by atoms with E-state index < -0.39 is 17.8 Å². The van der Waals surface area contributed by atoms with Crippen molar-refractivity contribution < 1.29 is 22.7 Å². The second-order valence-corrected chi connectivity index (χ2v) is 3.82. The smallest absolute Gasteiger partial charge is 0.371 e. The molecule has 6 heteroatoms. The summed E-state index contributed by atoms with van der Waals surface area (Å²) in [5.74, 6) is 0.0444. The van der Waals surface area contributed by atoms with Gasteiger partial charge in [0.15, 0.2) is 0 Å². The van der Waals surface area contributed by atoms with Gasteiger partial charge < -0.3 is 4.74 Å². The molecule has 0 aliphatic carbocycles. The van der Waals surface area contributed by atoms with Crippen molar-refractivity contribution in [2.24, 2.45) is 0 Å². The highest BCUT2D eigenvalue weighted by Gasteiger charge is 2.31. The van der Waals surface area contributed by atoms with E-state index in [4.69, 9.17) is 4.74 Å². The van der Waals surface area contributed by atoms with Crippen molar-refractivity contribution in [1.82, 2.24) is 4.98 Å². The second kappa shape index (κ2) is 4.44. The highest BCUT2D eigenvalue weighted by Crippen LogP contribution is 2.30. The molecule has 1 aliphatic rings. The van der Waals surface area contributed by atoms with E-state index >= 15 is 0 Å². The Morgan fingerprint density at radius 3 is 2.65 bits per heavy atom. The Kier molecular flexibility index (Phi) is 3.15. The van der Waals surface area contributed by atoms with E-state index in [1.54, 1.807) is 0 Å². The molecule has 1 unspecified atom stereocenters. The summed E-state index contributed by atoms with van der Waals surface area (Å²) in [7, 11) is 0. The molecule has 1 aliphatic heterocycles. The van der Waals surface area contributed by atoms with Crippen LogP contribution in [0.4, 0.5) is 13.2 Å². The van der Waals surface area contributed by atoms with Crippen LogP contribution >= 0.6 is 0 Å². The number of nitrogens with zero attached hydrogens (tertiary/aromatic N) is 1. The molecule has 3 nitrogen and oxygen atoms in total. The first-order valence-corrected chi connectivity index (χ1v) is 5.13. The fourth-order valence-corrected chi connectivity index (χ4v) is 1.64. The minimum absolute atomic E-state index is 0.0444. The van der Waals surface area contributed by atoms with Gasteiger partial charge >= 0.3 is 6.18 Å². The maximum Gasteiger partial charge on any atom is 0.417 e. The van der Waals surface area contributed by atoms with Crippen LogP contribution in [0.15, 0.2) is 18.3 Å². The first kappa shape index (κ1) is 12.0. The third kappa shape index (κ3) is 2.82. The zero-order valence-corrected chi connectivity index (χ0v) is 8.83. The minimum Gasteiger partial charge on any atom is -0.371 e. The Morgan fingerprint density at radius 1 is 1.35 bits per heavy atom. The molecule has 0 N–H and O–H groups in total. The number of halogens is 3. The standard InChI is InChI=1S/C11H10F3NO2/c12-11(13,14)7-1-2-9(15-6-7)10-5-8(16)3-4-17-10/h1-2,6,10H,3-5H2. The summed E-state index contributed by atoms with van der Waals surface area (Å²) >= 11 is 0. The SMILES string of the molecule is O=C1CCOC(c2ccc(C(F)(F)F)cn2)C1. The highest BCUT2D eigenvalue weighted by atomic mass is 19.4. The monoisotopic (exact) mass is 245 g/mol. The van der Waals surface area contributed by atoms with Crippen LogP contribution < -0.4 is 0 Å². The van der Waals surface area contributed by atoms with Crippen molar-refractivity contribution in [1.29, 1.82) is 0 Å². The Bertz CT molecular complexity index is 414. The van der Waals surface area contributed by atoms with Gasteiger partial charge in [0.1, 0.15) is 11.9 Å². The predicted octanol–water partition coefficient (Wildman–Crippen LogP) is 2.52. The first-order valence-electron chi connectivity index (χ1n) is 5.13. The third-order valence-electron chi connectivity index (χ3n) is 2.56. The van der Waals surface area contributed by atoms with Gasteiger partial charge in [-0.05, 0) is 12.1 Å². The maximum absolute atomic E-state index is 12.3. The van der Waals surface area contributed by atoms with Crippen LogP contribution in [0.2, 0.25) is 0 Å². The number of hydrogen-bond donors (Lipinski definition) is 0. The van der Waals surface area contributed by atoms with Crippen LogP contribution in [-0.4, -0.2) is 17.4 Å². The topological polar surface area (TPSA) is 39.2 Å². The second-order valence-electron chi connectivity index (χ2n) is 3.82. The predicted molar refractivity (Wildman–Crippen MR) is 52.2 cm³/mol. The number of alkyl halides is 3. The van der Waals surface area contributed by atoms with Gasteiger partial charge in [0, 0.05) is 19.0 Å². The molecule has 0 bridgehead atoms. The number of carbonyl (C=O) groups excluding carboxylic acids is 1. The Hall–Kier alpha value is -1.43. The Balaban J connectivity index is 2.15. The van der Waals surface area contributed by atoms with Gasteiger partial charge in [-0.2, -0.15) is 13.2 Å². The van der Waals surface area contributed by atoms with Gasteiger partial charge in [0.2, 0.25) is 0 Å². The van der Waals surface area contributed by atoms with E-state index in [2.05, 4.69) is 4.98 Å². The lowest BCUT2D eigenvalue weighted by Gasteiger charge is -2.21. The summed E-state index contributed by atoms with van der Waals surface area (Å²) in [5.41, 5.74) is -0.436. The summed E-state index contributed by atoms with van der Waals surface area (Å²) < 4.78 is 42.2. The molecule has 1 aromatic rings. The fourth-order valence-electron chi connectivity index (χ4n) is 1.64. The molecule has 0 amide bonds. The highest BCUT2D eigenvalue weighted by molar-refractivity contribution is 5.79. The molecule has 0 spiro atoms. The van der Waals surface area contributed by atoms with Crippen molar-refractivity contribution in [2.45, 2.75) is 25.1 Å². The lowest BCUT2D eigenvalue weighted by molar-refractivity contribution is -0.138. The third-order valence-corrected chi connectivity index (χ3v) is 2.56. The van der Waals surface area contributed by atoms with Crippen LogP contribution in [0, 0.1) is 0 Å². The number of hydrogen-bond acceptors (Lipinski definition) is 3. The summed E-state index contributed by atoms with van der Waals surface area (Å²) in [6, 6.07) is 2.21. The van der Waals surface area contributed by atoms with Crippen molar-refractivity contribution >= 4 is 5.78 Å². The quantitative estimate of drug-likeness (QED) is 0.763. The number of ether oxygens (including phenoxy) is 1. The van der Waals surface area contributed by atoms with Crippen LogP contribution in [-0.2, 0) is 15.7 Å². The van der Waals surface area contributed by atoms with E-state index in [0.717, 1.165) is 12.3 Å². The van der Waals surface area contributed by atoms with Crippen molar-refractivity contribution in [2.75, 3.05) is 6.61 Å². The van der Waals surface area contributed by atoms with E-state index in [-0.39, 0.29) is 12.2 Å². The van der Waals surface area contributed by atoms with Gasteiger partial charge in [-0.15, -0.1) is 0 Å². The number of rotatable bonds is 1. The summed E-state index contributed by atoms with van der Waals surface area (Å²) in [6.45, 7) is 0.298. The molecule has 0 saturated carbocycles. The van der Waals surface area contributed by atoms with Gasteiger partial charge in [-0.3, -0.25) is 9.78 Å². The molecule has 0 radical (unpaired) electrons. The molecule has 1 atom stereocenters. The molecule has 1 aromatic heterocycles. The largest absolute Gasteiger partial charge is 0.417 e. The van der Waals surface area contributed by atoms with E-state index in [9.17, 15) is 18.0 Å². The lowest BCUT2D eigenvalue weighted by atomic mass is 10.0. The molecule has 1 fully saturated rings. The lowest BCUT2D eigenvalue weighted by Crippen LogP contribution is -2.20. The fraction of sp³-hybridized carbons (Fsp3) is 0.455. The molecule has 0 aromatic carbocycles. The van der Waals surface area contributed by atoms with Crippen LogP contribution in [0.3, 0.4) is 0 Å². The van der Waals surface area contributed by atoms with Gasteiger partial charge in [-0.25, -0.2) is 0 Å². The van der Waals surface area contributed by atoms with Gasteiger partial charge in [0.05, 0.1) is 17.9 Å². The molecular formula is C11H10F3NO2. The molecule has 2 rings (SSSR count). The van der Waals surface area contributed by atoms with Crippen LogP contribution in [0.25, 0.3) is 0 Å². The first-order chi connectivity index (χ1) is 7.97. The average molecular weight is 245 g/mol. The molecule has 1 saturated heterocycles. The zero-order valence-electron chi connectivity index (χ0n) is 8.83. The molecule has 2 heterocycles. The summed E-state index contributed by atoms with van der Waals surface area (Å²) in [4.78, 5) is 14.9. The zero-order chi connectivity index (χ0) is 12.5. The molecule has 17 heavy (non-hydrogen) atoms. The number of pyridine rings is 1. The van der Waals surface area contributed by atoms with Gasteiger partial charge in [0.25, 0.3) is 0 Å². The van der Waals surface area contributed by atoms with Crippen molar-refractivity contribution in [3.8, 4) is 0 Å². The summed E-state index contributed by atoms with van der Waals surface area (Å²) in [5, 5.41) is 0. The van der Waals surface area contributed by atoms with Gasteiger partial charge in [-0.1, -0.05) is 0 Å². The van der Waals surface area contributed by atoms with E-state index in [1.807, 2.05) is 0 Å². The van der Waals surface area contributed by atoms with E-state index in [1.165, 1.54) is 6.07 Å².